The van der Waals surface area contributed by atoms with Crippen LogP contribution in [0.1, 0.15) is 56.4 Å². The summed E-state index contributed by atoms with van der Waals surface area (Å²) in [5.74, 6) is -1.93. The Kier molecular flexibility index (Phi) is 5.50. The minimum Gasteiger partial charge on any atom is -0.548 e. The van der Waals surface area contributed by atoms with Gasteiger partial charge in [-0.3, -0.25) is 4.79 Å². The van der Waals surface area contributed by atoms with Gasteiger partial charge < -0.3 is 24.1 Å². The van der Waals surface area contributed by atoms with Gasteiger partial charge in [-0.1, -0.05) is 27.7 Å². The lowest BCUT2D eigenvalue weighted by Gasteiger charge is -2.18. The van der Waals surface area contributed by atoms with Crippen molar-refractivity contribution in [2.75, 3.05) is 0 Å². The summed E-state index contributed by atoms with van der Waals surface area (Å²) < 4.78 is 11.3. The number of rotatable bonds is 5. The van der Waals surface area contributed by atoms with Crippen molar-refractivity contribution >= 4 is 33.8 Å². The van der Waals surface area contributed by atoms with Crippen LogP contribution >= 0.6 is 0 Å². The summed E-state index contributed by atoms with van der Waals surface area (Å²) in [5.41, 5.74) is 2.91. The van der Waals surface area contributed by atoms with Gasteiger partial charge in [0.15, 0.2) is 0 Å². The van der Waals surface area contributed by atoms with Gasteiger partial charge in [-0.15, -0.1) is 0 Å². The summed E-state index contributed by atoms with van der Waals surface area (Å²) in [7, 11) is 0. The van der Waals surface area contributed by atoms with E-state index in [1.807, 2.05) is 13.0 Å². The number of aryl methyl sites for hydroxylation is 2. The van der Waals surface area contributed by atoms with Gasteiger partial charge in [0.05, 0.1) is 30.3 Å². The van der Waals surface area contributed by atoms with E-state index >= 15 is 0 Å². The monoisotopic (exact) mass is 412 g/mol. The van der Waals surface area contributed by atoms with Crippen LogP contribution in [0.5, 0.6) is 0 Å². The fourth-order valence-corrected chi connectivity index (χ4v) is 3.71. The summed E-state index contributed by atoms with van der Waals surface area (Å²) in [6, 6.07) is 0.824. The third kappa shape index (κ3) is 3.72. The van der Waals surface area contributed by atoms with Crippen LogP contribution in [-0.2, 0) is 21.4 Å². The summed E-state index contributed by atoms with van der Waals surface area (Å²) >= 11 is 0. The molecule has 1 aromatic carbocycles. The van der Waals surface area contributed by atoms with E-state index < -0.39 is 23.5 Å². The van der Waals surface area contributed by atoms with Crippen LogP contribution in [0.3, 0.4) is 0 Å². The van der Waals surface area contributed by atoms with Gasteiger partial charge in [-0.2, -0.15) is 0 Å². The number of carbonyl (C=O) groups is 2. The number of furan rings is 1. The highest BCUT2D eigenvalue weighted by molar-refractivity contribution is 6.00. The molecule has 0 unspecified atom stereocenters. The Balaban J connectivity index is 2.13. The first-order chi connectivity index (χ1) is 14.0. The van der Waals surface area contributed by atoms with Crippen molar-refractivity contribution < 1.29 is 23.5 Å². The van der Waals surface area contributed by atoms with E-state index in [9.17, 15) is 19.5 Å². The molecule has 0 radical (unpaired) electrons. The molecule has 0 spiro atoms. The van der Waals surface area contributed by atoms with E-state index in [2.05, 4.69) is 26.1 Å². The SMILES string of the molecule is CC[C@@H](NC(=O)Cc1c(C)c2cc3c(C(C)(C)C)coc3c(C)c2oc1=O)C(=O)[O-]. The summed E-state index contributed by atoms with van der Waals surface area (Å²) in [5, 5.41) is 15.1. The van der Waals surface area contributed by atoms with Crippen molar-refractivity contribution in [1.29, 1.82) is 0 Å². The first-order valence-electron chi connectivity index (χ1n) is 9.93. The topological polar surface area (TPSA) is 113 Å². The molecule has 2 aromatic heterocycles. The van der Waals surface area contributed by atoms with Gasteiger partial charge in [0.1, 0.15) is 11.2 Å². The van der Waals surface area contributed by atoms with E-state index in [1.165, 1.54) is 0 Å². The van der Waals surface area contributed by atoms with Gasteiger partial charge in [0, 0.05) is 21.9 Å². The Morgan fingerprint density at radius 1 is 1.13 bits per heavy atom. The number of hydrogen-bond donors (Lipinski definition) is 1. The van der Waals surface area contributed by atoms with Crippen molar-refractivity contribution in [2.24, 2.45) is 0 Å². The maximum Gasteiger partial charge on any atom is 0.340 e. The second-order valence-electron chi connectivity index (χ2n) is 8.67. The molecule has 0 saturated heterocycles. The first-order valence-corrected chi connectivity index (χ1v) is 9.93. The minimum absolute atomic E-state index is 0.141. The zero-order valence-electron chi connectivity index (χ0n) is 18.1. The fraction of sp³-hybridized carbons (Fsp3) is 0.435. The molecule has 1 N–H and O–H groups in total. The molecule has 0 bridgehead atoms. The second kappa shape index (κ2) is 7.63. The molecule has 3 rings (SSSR count). The average molecular weight is 412 g/mol. The quantitative estimate of drug-likeness (QED) is 0.645. The van der Waals surface area contributed by atoms with Crippen LogP contribution in [0.2, 0.25) is 0 Å². The molecule has 0 aliphatic heterocycles. The van der Waals surface area contributed by atoms with Crippen molar-refractivity contribution in [3.05, 3.63) is 45.0 Å². The predicted molar refractivity (Wildman–Crippen MR) is 111 cm³/mol. The molecule has 160 valence electrons. The van der Waals surface area contributed by atoms with Crippen LogP contribution in [0.25, 0.3) is 21.9 Å². The molecule has 30 heavy (non-hydrogen) atoms. The summed E-state index contributed by atoms with van der Waals surface area (Å²) in [6.07, 6.45) is 1.64. The number of aliphatic carboxylic acids is 1. The molecule has 1 atom stereocenters. The van der Waals surface area contributed by atoms with Gasteiger partial charge in [-0.25, -0.2) is 4.79 Å². The van der Waals surface area contributed by atoms with Crippen LogP contribution in [0.4, 0.5) is 0 Å². The molecule has 0 aliphatic carbocycles. The predicted octanol–water partition coefficient (Wildman–Crippen LogP) is 2.64. The molecule has 0 saturated carbocycles. The third-order valence-electron chi connectivity index (χ3n) is 5.52. The van der Waals surface area contributed by atoms with E-state index in [4.69, 9.17) is 8.83 Å². The van der Waals surface area contributed by atoms with E-state index in [0.717, 1.165) is 21.9 Å². The Labute approximate surface area is 174 Å². The van der Waals surface area contributed by atoms with Gasteiger partial charge in [-0.05, 0) is 37.3 Å². The van der Waals surface area contributed by atoms with Gasteiger partial charge in [0.2, 0.25) is 5.91 Å². The molecule has 2 heterocycles. The lowest BCUT2D eigenvalue weighted by Crippen LogP contribution is -2.48. The maximum atomic E-state index is 12.6. The van der Waals surface area contributed by atoms with Crippen LogP contribution in [0.15, 0.2) is 26.0 Å². The van der Waals surface area contributed by atoms with Crippen LogP contribution in [-0.4, -0.2) is 17.9 Å². The lowest BCUT2D eigenvalue weighted by atomic mass is 9.86. The number of nitrogens with one attached hydrogen (secondary N) is 1. The van der Waals surface area contributed by atoms with E-state index in [0.29, 0.717) is 16.7 Å². The summed E-state index contributed by atoms with van der Waals surface area (Å²) in [4.78, 5) is 36.0. The number of amides is 1. The highest BCUT2D eigenvalue weighted by Crippen LogP contribution is 2.37. The Morgan fingerprint density at radius 3 is 2.37 bits per heavy atom. The first kappa shape index (κ1) is 21.6. The molecule has 0 aliphatic rings. The normalized spacial score (nSPS) is 13.0. The minimum atomic E-state index is -1.36. The smallest absolute Gasteiger partial charge is 0.340 e. The highest BCUT2D eigenvalue weighted by Gasteiger charge is 2.24. The molecule has 3 aromatic rings. The Bertz CT molecular complexity index is 1210. The zero-order valence-corrected chi connectivity index (χ0v) is 18.1. The largest absolute Gasteiger partial charge is 0.548 e. The molecular weight excluding hydrogens is 386 g/mol. The fourth-order valence-electron chi connectivity index (χ4n) is 3.71. The van der Waals surface area contributed by atoms with Crippen molar-refractivity contribution in [1.82, 2.24) is 5.32 Å². The van der Waals surface area contributed by atoms with Crippen molar-refractivity contribution in [3.8, 4) is 0 Å². The number of carboxylic acids is 1. The van der Waals surface area contributed by atoms with Gasteiger partial charge >= 0.3 is 5.63 Å². The van der Waals surface area contributed by atoms with Crippen LogP contribution in [0, 0.1) is 13.8 Å². The third-order valence-corrected chi connectivity index (χ3v) is 5.52. The Morgan fingerprint density at radius 2 is 1.80 bits per heavy atom. The number of carboxylic acid groups (broad SMARTS) is 1. The number of carbonyl (C=O) groups excluding carboxylic acids is 2. The van der Waals surface area contributed by atoms with Crippen molar-refractivity contribution in [2.45, 2.75) is 65.8 Å². The molecule has 0 fully saturated rings. The molecule has 1 amide bonds. The van der Waals surface area contributed by atoms with Crippen LogP contribution < -0.4 is 16.0 Å². The Hall–Kier alpha value is -3.09. The molecule has 7 nitrogen and oxygen atoms in total. The zero-order chi connectivity index (χ0) is 22.4. The second-order valence-corrected chi connectivity index (χ2v) is 8.67. The lowest BCUT2D eigenvalue weighted by molar-refractivity contribution is -0.308. The highest BCUT2D eigenvalue weighted by atomic mass is 16.4. The maximum absolute atomic E-state index is 12.6. The molecular formula is C23H26NO6-. The summed E-state index contributed by atoms with van der Waals surface area (Å²) in [6.45, 7) is 11.5. The number of hydrogen-bond acceptors (Lipinski definition) is 6. The average Bonchev–Trinajstić information content (AvgIpc) is 3.09. The van der Waals surface area contributed by atoms with Gasteiger partial charge in [0.25, 0.3) is 0 Å². The standard InChI is InChI=1S/C23H27NO6/c1-7-17(21(26)27)24-18(25)9-14-11(2)13-8-15-16(23(4,5)6)10-29-19(15)12(3)20(13)30-22(14)28/h8,10,17H,7,9H2,1-6H3,(H,24,25)(H,26,27)/p-1/t17-/m1/s1. The van der Waals surface area contributed by atoms with E-state index in [1.54, 1.807) is 20.1 Å². The van der Waals surface area contributed by atoms with Crippen molar-refractivity contribution in [3.63, 3.8) is 0 Å². The van der Waals surface area contributed by atoms with E-state index in [-0.39, 0.29) is 23.8 Å². The number of fused-ring (bicyclic) bond motifs is 2. The molecule has 7 heteroatoms. The number of benzene rings is 1.